The molecule has 0 bridgehead atoms. The van der Waals surface area contributed by atoms with Gasteiger partial charge in [0.05, 0.1) is 23.3 Å². The minimum Gasteiger partial charge on any atom is -0.486 e. The molecule has 0 saturated heterocycles. The lowest BCUT2D eigenvalue weighted by Gasteiger charge is -2.10. The first-order chi connectivity index (χ1) is 10.7. The molecule has 1 aliphatic rings. The highest BCUT2D eigenvalue weighted by Crippen LogP contribution is 2.43. The van der Waals surface area contributed by atoms with Crippen molar-refractivity contribution in [2.75, 3.05) is 13.7 Å². The average Bonchev–Trinajstić information content (AvgIpc) is 2.98. The van der Waals surface area contributed by atoms with E-state index < -0.39 is 0 Å². The summed E-state index contributed by atoms with van der Waals surface area (Å²) in [5.74, 6) is 1.60. The predicted molar refractivity (Wildman–Crippen MR) is 77.6 cm³/mol. The van der Waals surface area contributed by atoms with Gasteiger partial charge in [0, 0.05) is 12.7 Å². The summed E-state index contributed by atoms with van der Waals surface area (Å²) in [6.45, 7) is 0.438. The Morgan fingerprint density at radius 3 is 2.50 bits per heavy atom. The van der Waals surface area contributed by atoms with Crippen LogP contribution in [0.4, 0.5) is 0 Å². The molecule has 1 heterocycles. The molecule has 0 spiro atoms. The predicted octanol–water partition coefficient (Wildman–Crippen LogP) is 3.30. The Bertz CT molecular complexity index is 770. The number of methoxy groups -OCH3 is 1. The first kappa shape index (κ1) is 13.9. The summed E-state index contributed by atoms with van der Waals surface area (Å²) in [7, 11) is 1.63. The molecule has 0 saturated carbocycles. The highest BCUT2D eigenvalue weighted by Gasteiger charge is 2.27. The van der Waals surface area contributed by atoms with Crippen LogP contribution in [0.25, 0.3) is 0 Å². The molecule has 108 valence electrons. The normalized spacial score (nSPS) is 15.3. The number of para-hydroxylation sites is 1. The molecule has 2 aromatic rings. The van der Waals surface area contributed by atoms with Gasteiger partial charge in [-0.3, -0.25) is 0 Å². The van der Waals surface area contributed by atoms with Crippen molar-refractivity contribution in [1.82, 2.24) is 0 Å². The van der Waals surface area contributed by atoms with Crippen molar-refractivity contribution in [2.45, 2.75) is 6.10 Å². The molecule has 22 heavy (non-hydrogen) atoms. The van der Waals surface area contributed by atoms with Crippen molar-refractivity contribution in [3.8, 4) is 29.4 Å². The molecular weight excluding hydrogens is 280 g/mol. The summed E-state index contributed by atoms with van der Waals surface area (Å²) < 4.78 is 16.8. The maximum Gasteiger partial charge on any atom is 0.169 e. The second-order valence-electron chi connectivity index (χ2n) is 4.78. The SMILES string of the molecule is CO[C@@H]1COc2c(Oc3cc(C#N)cc(C#N)c3)cccc21. The Kier molecular flexibility index (Phi) is 3.65. The van der Waals surface area contributed by atoms with Crippen LogP contribution in [0.1, 0.15) is 22.8 Å². The second-order valence-corrected chi connectivity index (χ2v) is 4.78. The van der Waals surface area contributed by atoms with Gasteiger partial charge >= 0.3 is 0 Å². The zero-order valence-corrected chi connectivity index (χ0v) is 11.9. The van der Waals surface area contributed by atoms with Gasteiger partial charge in [-0.05, 0) is 24.3 Å². The highest BCUT2D eigenvalue weighted by molar-refractivity contribution is 5.53. The quantitative estimate of drug-likeness (QED) is 0.867. The first-order valence-electron chi connectivity index (χ1n) is 6.67. The molecule has 5 nitrogen and oxygen atoms in total. The van der Waals surface area contributed by atoms with Crippen molar-refractivity contribution in [3.63, 3.8) is 0 Å². The molecule has 0 N–H and O–H groups in total. The lowest BCUT2D eigenvalue weighted by Crippen LogP contribution is -2.01. The average molecular weight is 292 g/mol. The van der Waals surface area contributed by atoms with Gasteiger partial charge in [-0.25, -0.2) is 0 Å². The first-order valence-corrected chi connectivity index (χ1v) is 6.67. The zero-order valence-electron chi connectivity index (χ0n) is 11.9. The second kappa shape index (κ2) is 5.77. The number of benzene rings is 2. The van der Waals surface area contributed by atoms with Crippen LogP contribution in [0.5, 0.6) is 17.2 Å². The van der Waals surface area contributed by atoms with Crippen molar-refractivity contribution in [3.05, 3.63) is 53.1 Å². The van der Waals surface area contributed by atoms with Gasteiger partial charge in [-0.15, -0.1) is 0 Å². The summed E-state index contributed by atoms with van der Waals surface area (Å²) in [6, 6.07) is 14.3. The van der Waals surface area contributed by atoms with Crippen molar-refractivity contribution in [1.29, 1.82) is 10.5 Å². The minimum atomic E-state index is -0.112. The number of rotatable bonds is 3. The Morgan fingerprint density at radius 2 is 1.86 bits per heavy atom. The van der Waals surface area contributed by atoms with E-state index in [2.05, 4.69) is 0 Å². The van der Waals surface area contributed by atoms with E-state index in [4.69, 9.17) is 24.7 Å². The highest BCUT2D eigenvalue weighted by atomic mass is 16.6. The minimum absolute atomic E-state index is 0.112. The Balaban J connectivity index is 1.97. The molecule has 0 radical (unpaired) electrons. The molecule has 1 atom stereocenters. The van der Waals surface area contributed by atoms with Crippen LogP contribution in [-0.2, 0) is 4.74 Å². The molecule has 0 aliphatic carbocycles. The van der Waals surface area contributed by atoms with Gasteiger partial charge in [0.25, 0.3) is 0 Å². The summed E-state index contributed by atoms with van der Waals surface area (Å²) in [4.78, 5) is 0. The number of hydrogen-bond acceptors (Lipinski definition) is 5. The summed E-state index contributed by atoms with van der Waals surface area (Å²) >= 11 is 0. The lowest BCUT2D eigenvalue weighted by atomic mass is 10.1. The Labute approximate surface area is 127 Å². The largest absolute Gasteiger partial charge is 0.486 e. The number of fused-ring (bicyclic) bond motifs is 1. The van der Waals surface area contributed by atoms with E-state index in [1.165, 1.54) is 6.07 Å². The van der Waals surface area contributed by atoms with E-state index in [-0.39, 0.29) is 6.10 Å². The van der Waals surface area contributed by atoms with Crippen molar-refractivity contribution in [2.24, 2.45) is 0 Å². The number of nitriles is 2. The summed E-state index contributed by atoms with van der Waals surface area (Å²) in [6.07, 6.45) is -0.112. The molecule has 0 aromatic heterocycles. The Hall–Kier alpha value is -3.02. The van der Waals surface area contributed by atoms with E-state index in [1.54, 1.807) is 25.3 Å². The lowest BCUT2D eigenvalue weighted by molar-refractivity contribution is 0.0815. The fourth-order valence-corrected chi connectivity index (χ4v) is 2.38. The maximum atomic E-state index is 9.01. The van der Waals surface area contributed by atoms with E-state index in [9.17, 15) is 0 Å². The standard InChI is InChI=1S/C17H12N2O3/c1-20-16-10-21-17-14(16)3-2-4-15(17)22-13-6-11(8-18)5-12(7-13)9-19/h2-7,16H,10H2,1H3/t16-/m1/s1. The summed E-state index contributed by atoms with van der Waals surface area (Å²) in [5.41, 5.74) is 1.67. The molecule has 0 unspecified atom stereocenters. The smallest absolute Gasteiger partial charge is 0.169 e. The van der Waals surface area contributed by atoms with E-state index in [0.29, 0.717) is 35.0 Å². The third-order valence-electron chi connectivity index (χ3n) is 3.41. The molecule has 0 amide bonds. The van der Waals surface area contributed by atoms with Crippen LogP contribution in [0.3, 0.4) is 0 Å². The maximum absolute atomic E-state index is 9.01. The third kappa shape index (κ3) is 2.46. The molecule has 2 aromatic carbocycles. The number of hydrogen-bond donors (Lipinski definition) is 0. The monoisotopic (exact) mass is 292 g/mol. The van der Waals surface area contributed by atoms with E-state index in [0.717, 1.165) is 5.56 Å². The molecule has 3 rings (SSSR count). The van der Waals surface area contributed by atoms with Crippen LogP contribution >= 0.6 is 0 Å². The van der Waals surface area contributed by atoms with Gasteiger partial charge < -0.3 is 14.2 Å². The van der Waals surface area contributed by atoms with Crippen LogP contribution in [0, 0.1) is 22.7 Å². The number of nitrogens with zero attached hydrogens (tertiary/aromatic N) is 2. The molecule has 5 heteroatoms. The van der Waals surface area contributed by atoms with Crippen LogP contribution in [0.15, 0.2) is 36.4 Å². The molecule has 1 aliphatic heterocycles. The zero-order chi connectivity index (χ0) is 15.5. The summed E-state index contributed by atoms with van der Waals surface area (Å²) in [5, 5.41) is 18.0. The molecular formula is C17H12N2O3. The third-order valence-corrected chi connectivity index (χ3v) is 3.41. The van der Waals surface area contributed by atoms with E-state index in [1.807, 2.05) is 24.3 Å². The molecule has 0 fully saturated rings. The van der Waals surface area contributed by atoms with Gasteiger partial charge in [-0.2, -0.15) is 10.5 Å². The van der Waals surface area contributed by atoms with Gasteiger partial charge in [0.15, 0.2) is 11.5 Å². The van der Waals surface area contributed by atoms with Crippen molar-refractivity contribution < 1.29 is 14.2 Å². The fraction of sp³-hybridized carbons (Fsp3) is 0.176. The van der Waals surface area contributed by atoms with Gasteiger partial charge in [-0.1, -0.05) is 12.1 Å². The van der Waals surface area contributed by atoms with Crippen LogP contribution < -0.4 is 9.47 Å². The topological polar surface area (TPSA) is 75.3 Å². The Morgan fingerprint density at radius 1 is 1.14 bits per heavy atom. The van der Waals surface area contributed by atoms with Crippen LogP contribution in [-0.4, -0.2) is 13.7 Å². The van der Waals surface area contributed by atoms with Gasteiger partial charge in [0.2, 0.25) is 0 Å². The van der Waals surface area contributed by atoms with Gasteiger partial charge in [0.1, 0.15) is 18.5 Å². The van der Waals surface area contributed by atoms with E-state index >= 15 is 0 Å². The van der Waals surface area contributed by atoms with Crippen molar-refractivity contribution >= 4 is 0 Å². The fourth-order valence-electron chi connectivity index (χ4n) is 2.38. The van der Waals surface area contributed by atoms with Crippen LogP contribution in [0.2, 0.25) is 0 Å². The number of ether oxygens (including phenoxy) is 3.